The number of likely N-dealkylation sites (N-methyl/N-ethyl adjacent to an activating group) is 1. The number of carbonyl (C=O) groups excluding carboxylic acids is 1. The van der Waals surface area contributed by atoms with E-state index in [2.05, 4.69) is 0 Å². The fourth-order valence-electron chi connectivity index (χ4n) is 3.20. The summed E-state index contributed by atoms with van der Waals surface area (Å²) in [6.07, 6.45) is 8.54. The minimum absolute atomic E-state index is 0.0947. The molecular weight excluding hydrogens is 228 g/mol. The topological polar surface area (TPSA) is 43.8 Å². The Morgan fingerprint density at radius 2 is 1.67 bits per heavy atom. The second-order valence-corrected chi connectivity index (χ2v) is 5.97. The molecule has 0 aromatic rings. The third-order valence-electron chi connectivity index (χ3n) is 4.27. The Bertz CT molecular complexity index is 280. The number of hydrogen-bond donors (Lipinski definition) is 1. The minimum atomic E-state index is -0.629. The summed E-state index contributed by atoms with van der Waals surface area (Å²) in [5, 5.41) is 10.4. The molecule has 1 aliphatic carbocycles. The van der Waals surface area contributed by atoms with Crippen LogP contribution in [0.3, 0.4) is 0 Å². The van der Waals surface area contributed by atoms with Crippen LogP contribution in [0, 0.1) is 0 Å². The van der Waals surface area contributed by atoms with Gasteiger partial charge >= 0.3 is 6.03 Å². The molecule has 0 spiro atoms. The summed E-state index contributed by atoms with van der Waals surface area (Å²) in [6.45, 7) is 2.24. The van der Waals surface area contributed by atoms with Crippen LogP contribution in [-0.2, 0) is 0 Å². The Labute approximate surface area is 110 Å². The van der Waals surface area contributed by atoms with Crippen LogP contribution in [0.25, 0.3) is 0 Å². The number of amides is 2. The van der Waals surface area contributed by atoms with Crippen molar-refractivity contribution < 1.29 is 9.90 Å². The van der Waals surface area contributed by atoms with Gasteiger partial charge in [0, 0.05) is 20.1 Å². The molecule has 4 heteroatoms. The highest BCUT2D eigenvalue weighted by molar-refractivity contribution is 5.74. The predicted molar refractivity (Wildman–Crippen MR) is 71.5 cm³/mol. The van der Waals surface area contributed by atoms with Crippen molar-refractivity contribution >= 4 is 6.03 Å². The van der Waals surface area contributed by atoms with Gasteiger partial charge in [0.05, 0.1) is 12.1 Å². The van der Waals surface area contributed by atoms with Crippen LogP contribution >= 0.6 is 0 Å². The highest BCUT2D eigenvalue weighted by Crippen LogP contribution is 2.30. The van der Waals surface area contributed by atoms with E-state index in [4.69, 9.17) is 0 Å². The lowest BCUT2D eigenvalue weighted by Gasteiger charge is -2.32. The first-order chi connectivity index (χ1) is 8.61. The summed E-state index contributed by atoms with van der Waals surface area (Å²) in [5.41, 5.74) is -0.629. The zero-order valence-electron chi connectivity index (χ0n) is 11.5. The number of nitrogens with zero attached hydrogens (tertiary/aromatic N) is 2. The highest BCUT2D eigenvalue weighted by atomic mass is 16.3. The van der Waals surface area contributed by atoms with E-state index in [1.165, 1.54) is 12.8 Å². The fourth-order valence-corrected chi connectivity index (χ4v) is 3.20. The molecule has 2 aliphatic rings. The van der Waals surface area contributed by atoms with Gasteiger partial charge in [-0.25, -0.2) is 4.79 Å². The monoisotopic (exact) mass is 254 g/mol. The zero-order chi connectivity index (χ0) is 13.0. The standard InChI is InChI=1S/C14H26N2O2/c1-15(12-14(18)8-4-5-9-14)13(17)16-10-6-2-3-7-11-16/h18H,2-12H2,1H3. The lowest BCUT2D eigenvalue weighted by molar-refractivity contribution is 0.0206. The number of rotatable bonds is 2. The van der Waals surface area contributed by atoms with E-state index in [1.54, 1.807) is 4.90 Å². The van der Waals surface area contributed by atoms with Crippen LogP contribution in [0.5, 0.6) is 0 Å². The van der Waals surface area contributed by atoms with Gasteiger partial charge in [-0.3, -0.25) is 0 Å². The van der Waals surface area contributed by atoms with Crippen LogP contribution in [0.2, 0.25) is 0 Å². The van der Waals surface area contributed by atoms with Crippen molar-refractivity contribution in [3.05, 3.63) is 0 Å². The van der Waals surface area contributed by atoms with Crippen LogP contribution in [0.15, 0.2) is 0 Å². The third-order valence-corrected chi connectivity index (χ3v) is 4.27. The number of likely N-dealkylation sites (tertiary alicyclic amines) is 1. The van der Waals surface area contributed by atoms with Crippen LogP contribution in [0.4, 0.5) is 4.79 Å². The quantitative estimate of drug-likeness (QED) is 0.821. The van der Waals surface area contributed by atoms with E-state index in [0.29, 0.717) is 6.54 Å². The Morgan fingerprint density at radius 3 is 2.22 bits per heavy atom. The maximum Gasteiger partial charge on any atom is 0.319 e. The molecule has 0 unspecified atom stereocenters. The fraction of sp³-hybridized carbons (Fsp3) is 0.929. The van der Waals surface area contributed by atoms with Crippen LogP contribution in [0.1, 0.15) is 51.4 Å². The van der Waals surface area contributed by atoms with Gasteiger partial charge < -0.3 is 14.9 Å². The third kappa shape index (κ3) is 3.37. The second kappa shape index (κ2) is 5.91. The summed E-state index contributed by atoms with van der Waals surface area (Å²) in [7, 11) is 1.82. The number of aliphatic hydroxyl groups is 1. The lowest BCUT2D eigenvalue weighted by Crippen LogP contribution is -2.48. The maximum absolute atomic E-state index is 12.3. The summed E-state index contributed by atoms with van der Waals surface area (Å²) < 4.78 is 0. The largest absolute Gasteiger partial charge is 0.388 e. The molecule has 18 heavy (non-hydrogen) atoms. The van der Waals surface area contributed by atoms with Gasteiger partial charge in [-0.2, -0.15) is 0 Å². The second-order valence-electron chi connectivity index (χ2n) is 5.97. The van der Waals surface area contributed by atoms with Crippen LogP contribution in [-0.4, -0.2) is 53.2 Å². The van der Waals surface area contributed by atoms with Crippen molar-refractivity contribution in [2.24, 2.45) is 0 Å². The van der Waals surface area contributed by atoms with Crippen LogP contribution < -0.4 is 0 Å². The summed E-state index contributed by atoms with van der Waals surface area (Å²) in [4.78, 5) is 16.0. The van der Waals surface area contributed by atoms with Gasteiger partial charge in [0.25, 0.3) is 0 Å². The molecule has 1 saturated carbocycles. The average molecular weight is 254 g/mol. The van der Waals surface area contributed by atoms with E-state index in [9.17, 15) is 9.90 Å². The summed E-state index contributed by atoms with van der Waals surface area (Å²) >= 11 is 0. The average Bonchev–Trinajstić information content (AvgIpc) is 2.63. The minimum Gasteiger partial charge on any atom is -0.388 e. The molecule has 0 atom stereocenters. The number of urea groups is 1. The van der Waals surface area contributed by atoms with Gasteiger partial charge in [-0.05, 0) is 25.7 Å². The molecule has 2 rings (SSSR count). The Morgan fingerprint density at radius 1 is 1.11 bits per heavy atom. The predicted octanol–water partition coefficient (Wildman–Crippen LogP) is 2.22. The van der Waals surface area contributed by atoms with Gasteiger partial charge in [-0.1, -0.05) is 25.7 Å². The normalized spacial score (nSPS) is 23.8. The van der Waals surface area contributed by atoms with E-state index < -0.39 is 5.60 Å². The Hall–Kier alpha value is -0.770. The molecular formula is C14H26N2O2. The zero-order valence-corrected chi connectivity index (χ0v) is 11.5. The van der Waals surface area contributed by atoms with Crippen molar-refractivity contribution in [3.63, 3.8) is 0 Å². The maximum atomic E-state index is 12.3. The van der Waals surface area contributed by atoms with Crippen molar-refractivity contribution in [3.8, 4) is 0 Å². The number of hydrogen-bond acceptors (Lipinski definition) is 2. The van der Waals surface area contributed by atoms with E-state index >= 15 is 0 Å². The van der Waals surface area contributed by atoms with Gasteiger partial charge in [0.15, 0.2) is 0 Å². The molecule has 104 valence electrons. The molecule has 1 heterocycles. The molecule has 0 radical (unpaired) electrons. The van der Waals surface area contributed by atoms with Gasteiger partial charge in [-0.15, -0.1) is 0 Å². The first-order valence-electron chi connectivity index (χ1n) is 7.33. The smallest absolute Gasteiger partial charge is 0.319 e. The molecule has 0 aromatic carbocycles. The van der Waals surface area contributed by atoms with Gasteiger partial charge in [0.2, 0.25) is 0 Å². The molecule has 0 bridgehead atoms. The molecule has 0 aromatic heterocycles. The Balaban J connectivity index is 1.87. The lowest BCUT2D eigenvalue weighted by atomic mass is 10.0. The first-order valence-corrected chi connectivity index (χ1v) is 7.33. The summed E-state index contributed by atoms with van der Waals surface area (Å²) in [5.74, 6) is 0. The van der Waals surface area contributed by atoms with E-state index in [1.807, 2.05) is 11.9 Å². The molecule has 1 aliphatic heterocycles. The molecule has 1 saturated heterocycles. The Kier molecular flexibility index (Phi) is 4.49. The molecule has 2 amide bonds. The first kappa shape index (κ1) is 13.7. The van der Waals surface area contributed by atoms with Crippen molar-refractivity contribution in [1.82, 2.24) is 9.80 Å². The number of carbonyl (C=O) groups is 1. The molecule has 1 N–H and O–H groups in total. The summed E-state index contributed by atoms with van der Waals surface area (Å²) in [6, 6.07) is 0.0947. The van der Waals surface area contributed by atoms with Crippen molar-refractivity contribution in [2.45, 2.75) is 57.0 Å². The molecule has 2 fully saturated rings. The van der Waals surface area contributed by atoms with E-state index in [0.717, 1.165) is 51.6 Å². The highest BCUT2D eigenvalue weighted by Gasteiger charge is 2.34. The van der Waals surface area contributed by atoms with E-state index in [-0.39, 0.29) is 6.03 Å². The van der Waals surface area contributed by atoms with Crippen molar-refractivity contribution in [2.75, 3.05) is 26.7 Å². The van der Waals surface area contributed by atoms with Gasteiger partial charge in [0.1, 0.15) is 0 Å². The van der Waals surface area contributed by atoms with Crippen molar-refractivity contribution in [1.29, 1.82) is 0 Å². The molecule has 4 nitrogen and oxygen atoms in total. The SMILES string of the molecule is CN(CC1(O)CCCC1)C(=O)N1CCCCCC1.